The zero-order valence-corrected chi connectivity index (χ0v) is 20.4. The quantitative estimate of drug-likeness (QED) is 0.251. The zero-order valence-electron chi connectivity index (χ0n) is 20.4. The number of para-hydroxylation sites is 1. The van der Waals surface area contributed by atoms with E-state index in [2.05, 4.69) is 128 Å². The van der Waals surface area contributed by atoms with Gasteiger partial charge in [-0.3, -0.25) is 0 Å². The molecule has 0 amide bonds. The van der Waals surface area contributed by atoms with Crippen LogP contribution in [0.1, 0.15) is 25.0 Å². The molecule has 36 heavy (non-hydrogen) atoms. The Balaban J connectivity index is 1.42. The van der Waals surface area contributed by atoms with E-state index in [0.717, 1.165) is 0 Å². The molecule has 1 N–H and O–H groups in total. The van der Waals surface area contributed by atoms with Gasteiger partial charge < -0.3 is 4.98 Å². The molecule has 1 heteroatoms. The Labute approximate surface area is 210 Å². The first-order valence-corrected chi connectivity index (χ1v) is 12.7. The van der Waals surface area contributed by atoms with Crippen LogP contribution in [0.4, 0.5) is 0 Å². The summed E-state index contributed by atoms with van der Waals surface area (Å²) in [5.41, 5.74) is 10.5. The monoisotopic (exact) mass is 459 g/mol. The fraction of sp³-hybridized carbons (Fsp3) is 0.0857. The van der Waals surface area contributed by atoms with Crippen LogP contribution in [0.3, 0.4) is 0 Å². The summed E-state index contributed by atoms with van der Waals surface area (Å²) in [5.74, 6) is 0. The van der Waals surface area contributed by atoms with Crippen molar-refractivity contribution in [2.24, 2.45) is 0 Å². The maximum Gasteiger partial charge on any atom is 0.0544 e. The molecule has 0 saturated carbocycles. The third kappa shape index (κ3) is 2.50. The number of H-pyrrole nitrogens is 1. The molecule has 1 aromatic heterocycles. The molecule has 1 aliphatic rings. The van der Waals surface area contributed by atoms with Crippen LogP contribution >= 0.6 is 0 Å². The summed E-state index contributed by atoms with van der Waals surface area (Å²) in [4.78, 5) is 3.77. The highest BCUT2D eigenvalue weighted by molar-refractivity contribution is 6.22. The number of rotatable bonds is 1. The Hall–Kier alpha value is -4.36. The van der Waals surface area contributed by atoms with Crippen molar-refractivity contribution in [3.8, 4) is 22.3 Å². The maximum atomic E-state index is 3.77. The van der Waals surface area contributed by atoms with Gasteiger partial charge in [0.2, 0.25) is 0 Å². The van der Waals surface area contributed by atoms with Crippen molar-refractivity contribution in [3.63, 3.8) is 0 Å². The van der Waals surface area contributed by atoms with Gasteiger partial charge in [-0.15, -0.1) is 0 Å². The molecular weight excluding hydrogens is 434 g/mol. The molecule has 0 aliphatic heterocycles. The Bertz CT molecular complexity index is 2020. The molecule has 0 radical (unpaired) electrons. The summed E-state index contributed by atoms with van der Waals surface area (Å²) in [6.45, 7) is 4.71. The van der Waals surface area contributed by atoms with Gasteiger partial charge in [-0.05, 0) is 61.5 Å². The Kier molecular flexibility index (Phi) is 3.79. The standard InChI is InChI=1S/C35H25N/c1-35(2)29-17-15-23(20-28(29)32-24-10-5-3-8-21(24)14-18-30(32)35)26-12-7-13-27-33-25-11-6-4-9-22(25)16-19-31(33)36-34(26)27/h3-20,36H,1-2H3. The minimum Gasteiger partial charge on any atom is -0.354 e. The second-order valence-corrected chi connectivity index (χ2v) is 10.7. The van der Waals surface area contributed by atoms with Crippen LogP contribution in [0, 0.1) is 0 Å². The number of aromatic nitrogens is 1. The maximum absolute atomic E-state index is 3.77. The van der Waals surface area contributed by atoms with Crippen molar-refractivity contribution >= 4 is 43.4 Å². The lowest BCUT2D eigenvalue weighted by Crippen LogP contribution is -2.14. The van der Waals surface area contributed by atoms with Gasteiger partial charge in [-0.1, -0.05) is 111 Å². The summed E-state index contributed by atoms with van der Waals surface area (Å²) in [7, 11) is 0. The smallest absolute Gasteiger partial charge is 0.0544 e. The molecular formula is C35H25N. The predicted octanol–water partition coefficient (Wildman–Crippen LogP) is 9.60. The van der Waals surface area contributed by atoms with E-state index in [0.29, 0.717) is 0 Å². The summed E-state index contributed by atoms with van der Waals surface area (Å²) in [6.07, 6.45) is 0. The van der Waals surface area contributed by atoms with Gasteiger partial charge in [0.05, 0.1) is 5.52 Å². The average Bonchev–Trinajstić information content (AvgIpc) is 3.41. The van der Waals surface area contributed by atoms with Crippen molar-refractivity contribution in [3.05, 3.63) is 120 Å². The van der Waals surface area contributed by atoms with Gasteiger partial charge in [-0.25, -0.2) is 0 Å². The van der Waals surface area contributed by atoms with Crippen LogP contribution in [0.25, 0.3) is 65.6 Å². The minimum absolute atomic E-state index is 0.0146. The van der Waals surface area contributed by atoms with Crippen LogP contribution in [0.2, 0.25) is 0 Å². The number of fused-ring (bicyclic) bond motifs is 10. The van der Waals surface area contributed by atoms with Crippen LogP contribution in [0.15, 0.2) is 109 Å². The molecule has 8 rings (SSSR count). The SMILES string of the molecule is CC1(C)c2ccc(-c3cccc4c3[nH]c3ccc5ccccc5c34)cc2-c2c1ccc1ccccc21. The first-order chi connectivity index (χ1) is 17.6. The number of hydrogen-bond donors (Lipinski definition) is 1. The van der Waals surface area contributed by atoms with E-state index in [1.54, 1.807) is 0 Å². The van der Waals surface area contributed by atoms with Crippen LogP contribution in [0.5, 0.6) is 0 Å². The van der Waals surface area contributed by atoms with Crippen LogP contribution in [-0.4, -0.2) is 4.98 Å². The van der Waals surface area contributed by atoms with E-state index in [9.17, 15) is 0 Å². The van der Waals surface area contributed by atoms with Crippen molar-refractivity contribution in [1.29, 1.82) is 0 Å². The largest absolute Gasteiger partial charge is 0.354 e. The van der Waals surface area contributed by atoms with Crippen LogP contribution in [-0.2, 0) is 5.41 Å². The number of aromatic amines is 1. The van der Waals surface area contributed by atoms with Crippen molar-refractivity contribution in [2.75, 3.05) is 0 Å². The van der Waals surface area contributed by atoms with Gasteiger partial charge in [0.1, 0.15) is 0 Å². The number of benzene rings is 6. The molecule has 6 aromatic carbocycles. The van der Waals surface area contributed by atoms with Gasteiger partial charge >= 0.3 is 0 Å². The Morgan fingerprint density at radius 2 is 1.25 bits per heavy atom. The molecule has 1 heterocycles. The summed E-state index contributed by atoms with van der Waals surface area (Å²) >= 11 is 0. The number of hydrogen-bond acceptors (Lipinski definition) is 0. The lowest BCUT2D eigenvalue weighted by molar-refractivity contribution is 0.661. The summed E-state index contributed by atoms with van der Waals surface area (Å²) in [6, 6.07) is 40.3. The molecule has 0 fully saturated rings. The zero-order chi connectivity index (χ0) is 24.0. The first-order valence-electron chi connectivity index (χ1n) is 12.7. The molecule has 0 bridgehead atoms. The van der Waals surface area contributed by atoms with Gasteiger partial charge in [0.25, 0.3) is 0 Å². The molecule has 1 nitrogen and oxygen atoms in total. The molecule has 0 saturated heterocycles. The molecule has 0 atom stereocenters. The fourth-order valence-electron chi connectivity index (χ4n) is 6.63. The second kappa shape index (κ2) is 6.86. The molecule has 7 aromatic rings. The highest BCUT2D eigenvalue weighted by Crippen LogP contribution is 2.52. The summed E-state index contributed by atoms with van der Waals surface area (Å²) < 4.78 is 0. The van der Waals surface area contributed by atoms with Crippen LogP contribution < -0.4 is 0 Å². The highest BCUT2D eigenvalue weighted by atomic mass is 14.7. The highest BCUT2D eigenvalue weighted by Gasteiger charge is 2.36. The van der Waals surface area contributed by atoms with E-state index in [1.807, 2.05) is 0 Å². The van der Waals surface area contributed by atoms with Crippen molar-refractivity contribution < 1.29 is 0 Å². The number of nitrogens with one attached hydrogen (secondary N) is 1. The molecule has 170 valence electrons. The first kappa shape index (κ1) is 19.9. The Morgan fingerprint density at radius 1 is 0.556 bits per heavy atom. The van der Waals surface area contributed by atoms with Gasteiger partial charge in [0.15, 0.2) is 0 Å². The second-order valence-electron chi connectivity index (χ2n) is 10.7. The molecule has 0 unspecified atom stereocenters. The summed E-state index contributed by atoms with van der Waals surface area (Å²) in [5, 5.41) is 7.81. The normalized spacial score (nSPS) is 14.1. The van der Waals surface area contributed by atoms with E-state index >= 15 is 0 Å². The average molecular weight is 460 g/mol. The lowest BCUT2D eigenvalue weighted by atomic mass is 9.82. The predicted molar refractivity (Wildman–Crippen MR) is 154 cm³/mol. The van der Waals surface area contributed by atoms with Crippen molar-refractivity contribution in [2.45, 2.75) is 19.3 Å². The third-order valence-electron chi connectivity index (χ3n) is 8.40. The minimum atomic E-state index is -0.0146. The van der Waals surface area contributed by atoms with Crippen molar-refractivity contribution in [1.82, 2.24) is 4.98 Å². The topological polar surface area (TPSA) is 15.8 Å². The molecule has 0 spiro atoms. The van der Waals surface area contributed by atoms with E-state index < -0.39 is 0 Å². The molecule has 1 aliphatic carbocycles. The van der Waals surface area contributed by atoms with E-state index in [-0.39, 0.29) is 5.41 Å². The van der Waals surface area contributed by atoms with E-state index in [4.69, 9.17) is 0 Å². The Morgan fingerprint density at radius 3 is 2.11 bits per heavy atom. The van der Waals surface area contributed by atoms with Gasteiger partial charge in [-0.2, -0.15) is 0 Å². The van der Waals surface area contributed by atoms with Gasteiger partial charge in [0, 0.05) is 27.3 Å². The fourth-order valence-corrected chi connectivity index (χ4v) is 6.63. The third-order valence-corrected chi connectivity index (χ3v) is 8.40. The lowest BCUT2D eigenvalue weighted by Gasteiger charge is -2.21. The van der Waals surface area contributed by atoms with E-state index in [1.165, 1.54) is 76.7 Å².